The van der Waals surface area contributed by atoms with E-state index in [1.54, 1.807) is 0 Å². The first-order valence-electron chi connectivity index (χ1n) is 8.00. The number of rotatable bonds is 11. The van der Waals surface area contributed by atoms with E-state index in [2.05, 4.69) is 30.3 Å². The molecule has 1 aromatic heterocycles. The predicted octanol–water partition coefficient (Wildman–Crippen LogP) is 4.21. The highest BCUT2D eigenvalue weighted by Gasteiger charge is 2.12. The normalized spacial score (nSPS) is 12.8. The van der Waals surface area contributed by atoms with Gasteiger partial charge in [-0.1, -0.05) is 58.8 Å². The van der Waals surface area contributed by atoms with E-state index < -0.39 is 0 Å². The minimum Gasteiger partial charge on any atom is -0.309 e. The molecule has 0 radical (unpaired) electrons. The number of nitrogens with one attached hydrogen (secondary N) is 1. The zero-order valence-electron chi connectivity index (χ0n) is 13.0. The summed E-state index contributed by atoms with van der Waals surface area (Å²) in [5, 5.41) is 7.85. The zero-order chi connectivity index (χ0) is 13.9. The average molecular weight is 265 g/mol. The first-order chi connectivity index (χ1) is 9.29. The number of aromatic nitrogens is 2. The Kier molecular flexibility index (Phi) is 8.55. The summed E-state index contributed by atoms with van der Waals surface area (Å²) in [4.78, 5) is 0. The molecule has 0 saturated carbocycles. The van der Waals surface area contributed by atoms with Gasteiger partial charge in [0.2, 0.25) is 0 Å². The molecule has 1 rings (SSSR count). The molecule has 0 aliphatic rings. The largest absolute Gasteiger partial charge is 0.309 e. The first kappa shape index (κ1) is 16.2. The summed E-state index contributed by atoms with van der Waals surface area (Å²) in [7, 11) is 2.03. The van der Waals surface area contributed by atoms with Crippen molar-refractivity contribution in [2.45, 2.75) is 71.3 Å². The van der Waals surface area contributed by atoms with Crippen LogP contribution in [0.4, 0.5) is 0 Å². The van der Waals surface area contributed by atoms with Gasteiger partial charge in [-0.05, 0) is 19.0 Å². The maximum atomic E-state index is 4.27. The second kappa shape index (κ2) is 10.0. The average Bonchev–Trinajstić information content (AvgIpc) is 2.82. The lowest BCUT2D eigenvalue weighted by Gasteiger charge is -2.18. The Morgan fingerprint density at radius 2 is 1.79 bits per heavy atom. The van der Waals surface area contributed by atoms with Crippen molar-refractivity contribution in [3.8, 4) is 0 Å². The SMILES string of the molecule is CCCCCCCCCC(NCC)c1ccnn1C. The van der Waals surface area contributed by atoms with E-state index in [1.807, 2.05) is 17.9 Å². The van der Waals surface area contributed by atoms with Crippen LogP contribution in [0.5, 0.6) is 0 Å². The standard InChI is InChI=1S/C16H31N3/c1-4-6-7-8-9-10-11-12-15(17-5-2)16-13-14-18-19(16)3/h13-15,17H,4-12H2,1-3H3. The monoisotopic (exact) mass is 265 g/mol. The van der Waals surface area contributed by atoms with Crippen LogP contribution in [-0.4, -0.2) is 16.3 Å². The minimum atomic E-state index is 0.466. The van der Waals surface area contributed by atoms with Crippen LogP contribution in [-0.2, 0) is 7.05 Å². The van der Waals surface area contributed by atoms with E-state index in [0.29, 0.717) is 6.04 Å². The van der Waals surface area contributed by atoms with Gasteiger partial charge in [0.05, 0.1) is 5.69 Å². The summed E-state index contributed by atoms with van der Waals surface area (Å²) in [6, 6.07) is 2.60. The molecule has 1 atom stereocenters. The summed E-state index contributed by atoms with van der Waals surface area (Å²) in [6.07, 6.45) is 12.7. The second-order valence-electron chi connectivity index (χ2n) is 5.40. The van der Waals surface area contributed by atoms with Gasteiger partial charge in [0.1, 0.15) is 0 Å². The van der Waals surface area contributed by atoms with E-state index in [4.69, 9.17) is 0 Å². The molecule has 0 spiro atoms. The maximum Gasteiger partial charge on any atom is 0.0550 e. The molecule has 0 fully saturated rings. The van der Waals surface area contributed by atoms with E-state index in [9.17, 15) is 0 Å². The highest BCUT2D eigenvalue weighted by atomic mass is 15.3. The van der Waals surface area contributed by atoms with Gasteiger partial charge in [-0.3, -0.25) is 4.68 Å². The lowest BCUT2D eigenvalue weighted by Crippen LogP contribution is -2.23. The molecule has 0 aliphatic carbocycles. The molecule has 0 bridgehead atoms. The van der Waals surface area contributed by atoms with Crippen molar-refractivity contribution in [3.05, 3.63) is 18.0 Å². The molecular formula is C16H31N3. The molecule has 1 unspecified atom stereocenters. The Balaban J connectivity index is 2.22. The highest BCUT2D eigenvalue weighted by Crippen LogP contribution is 2.19. The number of hydrogen-bond donors (Lipinski definition) is 1. The lowest BCUT2D eigenvalue weighted by molar-refractivity contribution is 0.451. The molecule has 3 nitrogen and oxygen atoms in total. The van der Waals surface area contributed by atoms with Gasteiger partial charge < -0.3 is 5.32 Å². The molecule has 1 heterocycles. The van der Waals surface area contributed by atoms with E-state index in [0.717, 1.165) is 6.54 Å². The van der Waals surface area contributed by atoms with Crippen molar-refractivity contribution in [2.75, 3.05) is 6.54 Å². The minimum absolute atomic E-state index is 0.466. The van der Waals surface area contributed by atoms with E-state index in [1.165, 1.54) is 57.1 Å². The van der Waals surface area contributed by atoms with Crippen LogP contribution in [0.2, 0.25) is 0 Å². The number of hydrogen-bond acceptors (Lipinski definition) is 2. The Hall–Kier alpha value is -0.830. The first-order valence-corrected chi connectivity index (χ1v) is 8.00. The van der Waals surface area contributed by atoms with Crippen LogP contribution in [0, 0.1) is 0 Å². The van der Waals surface area contributed by atoms with Crippen molar-refractivity contribution in [1.82, 2.24) is 15.1 Å². The Morgan fingerprint density at radius 1 is 1.11 bits per heavy atom. The third-order valence-corrected chi connectivity index (χ3v) is 3.76. The fourth-order valence-electron chi connectivity index (χ4n) is 2.63. The molecule has 0 aliphatic heterocycles. The molecule has 0 amide bonds. The fraction of sp³-hybridized carbons (Fsp3) is 0.812. The Morgan fingerprint density at radius 3 is 2.37 bits per heavy atom. The van der Waals surface area contributed by atoms with Gasteiger partial charge in [0, 0.05) is 19.3 Å². The zero-order valence-corrected chi connectivity index (χ0v) is 13.0. The summed E-state index contributed by atoms with van der Waals surface area (Å²) in [5.74, 6) is 0. The van der Waals surface area contributed by atoms with Crippen LogP contribution in [0.3, 0.4) is 0 Å². The van der Waals surface area contributed by atoms with Gasteiger partial charge in [-0.25, -0.2) is 0 Å². The second-order valence-corrected chi connectivity index (χ2v) is 5.40. The molecular weight excluding hydrogens is 234 g/mol. The summed E-state index contributed by atoms with van der Waals surface area (Å²) in [5.41, 5.74) is 1.31. The topological polar surface area (TPSA) is 29.9 Å². The van der Waals surface area contributed by atoms with Gasteiger partial charge in [0.15, 0.2) is 0 Å². The number of aryl methyl sites for hydroxylation is 1. The van der Waals surface area contributed by atoms with E-state index >= 15 is 0 Å². The van der Waals surface area contributed by atoms with Crippen LogP contribution in [0.15, 0.2) is 12.3 Å². The lowest BCUT2D eigenvalue weighted by atomic mass is 10.0. The van der Waals surface area contributed by atoms with Crippen molar-refractivity contribution >= 4 is 0 Å². The highest BCUT2D eigenvalue weighted by molar-refractivity contribution is 5.06. The number of nitrogens with zero attached hydrogens (tertiary/aromatic N) is 2. The molecule has 1 aromatic rings. The van der Waals surface area contributed by atoms with Gasteiger partial charge in [-0.15, -0.1) is 0 Å². The van der Waals surface area contributed by atoms with Crippen molar-refractivity contribution in [2.24, 2.45) is 7.05 Å². The molecule has 0 saturated heterocycles. The van der Waals surface area contributed by atoms with E-state index in [-0.39, 0.29) is 0 Å². The smallest absolute Gasteiger partial charge is 0.0550 e. The van der Waals surface area contributed by atoms with Crippen molar-refractivity contribution in [3.63, 3.8) is 0 Å². The summed E-state index contributed by atoms with van der Waals surface area (Å²) < 4.78 is 1.99. The van der Waals surface area contributed by atoms with Crippen molar-refractivity contribution in [1.29, 1.82) is 0 Å². The molecule has 3 heteroatoms. The summed E-state index contributed by atoms with van der Waals surface area (Å²) >= 11 is 0. The third kappa shape index (κ3) is 6.24. The van der Waals surface area contributed by atoms with Crippen LogP contribution in [0.1, 0.15) is 76.9 Å². The van der Waals surface area contributed by atoms with Crippen LogP contribution >= 0.6 is 0 Å². The van der Waals surface area contributed by atoms with Crippen molar-refractivity contribution < 1.29 is 0 Å². The maximum absolute atomic E-state index is 4.27. The number of unbranched alkanes of at least 4 members (excludes halogenated alkanes) is 6. The van der Waals surface area contributed by atoms with Crippen LogP contribution in [0.25, 0.3) is 0 Å². The quantitative estimate of drug-likeness (QED) is 0.607. The Labute approximate surface area is 118 Å². The molecule has 19 heavy (non-hydrogen) atoms. The van der Waals surface area contributed by atoms with Gasteiger partial charge in [-0.2, -0.15) is 5.10 Å². The third-order valence-electron chi connectivity index (χ3n) is 3.76. The summed E-state index contributed by atoms with van der Waals surface area (Å²) in [6.45, 7) is 5.47. The molecule has 1 N–H and O–H groups in total. The molecule has 110 valence electrons. The predicted molar refractivity (Wildman–Crippen MR) is 82.2 cm³/mol. The molecule has 0 aromatic carbocycles. The Bertz CT molecular complexity index is 320. The fourth-order valence-corrected chi connectivity index (χ4v) is 2.63. The van der Waals surface area contributed by atoms with Crippen LogP contribution < -0.4 is 5.32 Å². The van der Waals surface area contributed by atoms with Gasteiger partial charge in [0.25, 0.3) is 0 Å². The van der Waals surface area contributed by atoms with Gasteiger partial charge >= 0.3 is 0 Å².